The van der Waals surface area contributed by atoms with Crippen molar-refractivity contribution in [1.82, 2.24) is 4.90 Å². The van der Waals surface area contributed by atoms with Crippen LogP contribution in [-0.2, 0) is 4.79 Å². The molecule has 0 aromatic carbocycles. The van der Waals surface area contributed by atoms with Crippen LogP contribution in [0.3, 0.4) is 0 Å². The molecule has 0 spiro atoms. The van der Waals surface area contributed by atoms with Gasteiger partial charge in [0.05, 0.1) is 0 Å². The zero-order valence-electron chi connectivity index (χ0n) is 13.0. The van der Waals surface area contributed by atoms with Crippen molar-refractivity contribution in [3.8, 4) is 0 Å². The van der Waals surface area contributed by atoms with E-state index < -0.39 is 0 Å². The molecule has 0 bridgehead atoms. The summed E-state index contributed by atoms with van der Waals surface area (Å²) in [4.78, 5) is 14.9. The Labute approximate surface area is 118 Å². The van der Waals surface area contributed by atoms with E-state index in [9.17, 15) is 4.79 Å². The van der Waals surface area contributed by atoms with Crippen molar-refractivity contribution in [3.05, 3.63) is 0 Å². The highest BCUT2D eigenvalue weighted by Crippen LogP contribution is 2.31. The number of carbonyl (C=O) groups is 1. The fraction of sp³-hybridized carbons (Fsp3) is 0.938. The molecule has 0 aliphatic heterocycles. The Hall–Kier alpha value is -0.570. The van der Waals surface area contributed by atoms with Gasteiger partial charge in [-0.2, -0.15) is 0 Å². The molecule has 1 aliphatic carbocycles. The third-order valence-electron chi connectivity index (χ3n) is 4.44. The van der Waals surface area contributed by atoms with Crippen LogP contribution < -0.4 is 5.73 Å². The van der Waals surface area contributed by atoms with E-state index in [1.807, 2.05) is 0 Å². The number of carbonyl (C=O) groups excluding carboxylic acids is 1. The van der Waals surface area contributed by atoms with Crippen molar-refractivity contribution in [3.63, 3.8) is 0 Å². The van der Waals surface area contributed by atoms with Gasteiger partial charge in [-0.05, 0) is 45.6 Å². The summed E-state index contributed by atoms with van der Waals surface area (Å²) in [5.41, 5.74) is 5.86. The van der Waals surface area contributed by atoms with E-state index in [0.29, 0.717) is 24.4 Å². The van der Waals surface area contributed by atoms with Gasteiger partial charge in [-0.15, -0.1) is 0 Å². The number of rotatable bonds is 7. The average molecular weight is 268 g/mol. The van der Waals surface area contributed by atoms with Gasteiger partial charge in [-0.1, -0.05) is 32.6 Å². The first-order valence-electron chi connectivity index (χ1n) is 8.12. The molecule has 1 rings (SSSR count). The molecule has 2 N–H and O–H groups in total. The summed E-state index contributed by atoms with van der Waals surface area (Å²) in [6.07, 6.45) is 8.14. The van der Waals surface area contributed by atoms with Crippen LogP contribution in [0.25, 0.3) is 0 Å². The number of hydrogen-bond donors (Lipinski definition) is 1. The third-order valence-corrected chi connectivity index (χ3v) is 4.44. The van der Waals surface area contributed by atoms with E-state index in [4.69, 9.17) is 5.73 Å². The van der Waals surface area contributed by atoms with Gasteiger partial charge >= 0.3 is 0 Å². The molecule has 112 valence electrons. The summed E-state index contributed by atoms with van der Waals surface area (Å²) >= 11 is 0. The zero-order chi connectivity index (χ0) is 14.3. The third kappa shape index (κ3) is 4.79. The highest BCUT2D eigenvalue weighted by atomic mass is 16.2. The SMILES string of the molecule is CCCCCN(C(=O)C1CCCCC1CN)C(C)C. The van der Waals surface area contributed by atoms with Gasteiger partial charge in [0.15, 0.2) is 0 Å². The molecule has 0 saturated heterocycles. The number of unbranched alkanes of at least 4 members (excludes halogenated alkanes) is 2. The maximum atomic E-state index is 12.8. The van der Waals surface area contributed by atoms with Crippen LogP contribution in [0.1, 0.15) is 65.7 Å². The number of nitrogens with zero attached hydrogens (tertiary/aromatic N) is 1. The van der Waals surface area contributed by atoms with Crippen LogP contribution in [0.2, 0.25) is 0 Å². The average Bonchev–Trinajstić information content (AvgIpc) is 2.42. The summed E-state index contributed by atoms with van der Waals surface area (Å²) in [6.45, 7) is 8.04. The molecule has 0 radical (unpaired) electrons. The summed E-state index contributed by atoms with van der Waals surface area (Å²) in [6, 6.07) is 0.310. The monoisotopic (exact) mass is 268 g/mol. The van der Waals surface area contributed by atoms with Gasteiger partial charge < -0.3 is 10.6 Å². The molecule has 0 aromatic heterocycles. The molecule has 1 amide bonds. The molecule has 1 aliphatic rings. The molecule has 1 saturated carbocycles. The van der Waals surface area contributed by atoms with Crippen LogP contribution in [0.5, 0.6) is 0 Å². The quantitative estimate of drug-likeness (QED) is 0.721. The van der Waals surface area contributed by atoms with Gasteiger partial charge in [0, 0.05) is 18.5 Å². The molecular formula is C16H32N2O. The maximum Gasteiger partial charge on any atom is 0.226 e. The minimum absolute atomic E-state index is 0.183. The first kappa shape index (κ1) is 16.5. The van der Waals surface area contributed by atoms with E-state index in [0.717, 1.165) is 25.8 Å². The van der Waals surface area contributed by atoms with Gasteiger partial charge in [0.1, 0.15) is 0 Å². The number of hydrogen-bond acceptors (Lipinski definition) is 2. The van der Waals surface area contributed by atoms with Crippen molar-refractivity contribution in [2.45, 2.75) is 71.8 Å². The maximum absolute atomic E-state index is 12.8. The molecule has 0 heterocycles. The second-order valence-corrected chi connectivity index (χ2v) is 6.22. The fourth-order valence-corrected chi connectivity index (χ4v) is 3.18. The Kier molecular flexibility index (Phi) is 7.44. The smallest absolute Gasteiger partial charge is 0.226 e. The van der Waals surface area contributed by atoms with Gasteiger partial charge in [-0.3, -0.25) is 4.79 Å². The van der Waals surface area contributed by atoms with E-state index in [2.05, 4.69) is 25.7 Å². The topological polar surface area (TPSA) is 46.3 Å². The number of nitrogens with two attached hydrogens (primary N) is 1. The minimum Gasteiger partial charge on any atom is -0.340 e. The van der Waals surface area contributed by atoms with Crippen molar-refractivity contribution >= 4 is 5.91 Å². The molecule has 19 heavy (non-hydrogen) atoms. The molecule has 3 nitrogen and oxygen atoms in total. The summed E-state index contributed by atoms with van der Waals surface area (Å²) in [5.74, 6) is 0.956. The lowest BCUT2D eigenvalue weighted by atomic mass is 9.78. The first-order valence-corrected chi connectivity index (χ1v) is 8.12. The lowest BCUT2D eigenvalue weighted by molar-refractivity contribution is -0.140. The summed E-state index contributed by atoms with van der Waals surface area (Å²) < 4.78 is 0. The zero-order valence-corrected chi connectivity index (χ0v) is 13.0. The molecule has 2 atom stereocenters. The van der Waals surface area contributed by atoms with Crippen LogP contribution in [-0.4, -0.2) is 29.9 Å². The second kappa shape index (κ2) is 8.57. The second-order valence-electron chi connectivity index (χ2n) is 6.22. The van der Waals surface area contributed by atoms with Crippen LogP contribution >= 0.6 is 0 Å². The molecule has 2 unspecified atom stereocenters. The fourth-order valence-electron chi connectivity index (χ4n) is 3.18. The number of amides is 1. The first-order chi connectivity index (χ1) is 9.11. The molecular weight excluding hydrogens is 236 g/mol. The van der Waals surface area contributed by atoms with Crippen LogP contribution in [0, 0.1) is 11.8 Å². The van der Waals surface area contributed by atoms with E-state index in [-0.39, 0.29) is 5.92 Å². The summed E-state index contributed by atoms with van der Waals surface area (Å²) in [7, 11) is 0. The lowest BCUT2D eigenvalue weighted by Crippen LogP contribution is -2.45. The minimum atomic E-state index is 0.183. The van der Waals surface area contributed by atoms with Gasteiger partial charge in [0.2, 0.25) is 5.91 Å². The highest BCUT2D eigenvalue weighted by Gasteiger charge is 2.33. The Morgan fingerprint density at radius 2 is 1.95 bits per heavy atom. The Morgan fingerprint density at radius 1 is 1.26 bits per heavy atom. The molecule has 3 heteroatoms. The van der Waals surface area contributed by atoms with E-state index in [1.54, 1.807) is 0 Å². The highest BCUT2D eigenvalue weighted by molar-refractivity contribution is 5.79. The van der Waals surface area contributed by atoms with Crippen LogP contribution in [0.15, 0.2) is 0 Å². The largest absolute Gasteiger partial charge is 0.340 e. The van der Waals surface area contributed by atoms with E-state index >= 15 is 0 Å². The van der Waals surface area contributed by atoms with Crippen molar-refractivity contribution in [2.24, 2.45) is 17.6 Å². The standard InChI is InChI=1S/C16H32N2O/c1-4-5-8-11-18(13(2)3)16(19)15-10-7-6-9-14(15)12-17/h13-15H,4-12,17H2,1-3H3. The Balaban J connectivity index is 2.63. The van der Waals surface area contributed by atoms with Crippen molar-refractivity contribution in [1.29, 1.82) is 0 Å². The lowest BCUT2D eigenvalue weighted by Gasteiger charge is -2.36. The molecule has 1 fully saturated rings. The van der Waals surface area contributed by atoms with Crippen molar-refractivity contribution in [2.75, 3.05) is 13.1 Å². The Bertz CT molecular complexity index is 265. The Morgan fingerprint density at radius 3 is 2.53 bits per heavy atom. The van der Waals surface area contributed by atoms with Crippen LogP contribution in [0.4, 0.5) is 0 Å². The van der Waals surface area contributed by atoms with E-state index in [1.165, 1.54) is 25.7 Å². The molecule has 0 aromatic rings. The normalized spacial score (nSPS) is 23.6. The summed E-state index contributed by atoms with van der Waals surface area (Å²) in [5, 5.41) is 0. The van der Waals surface area contributed by atoms with Gasteiger partial charge in [0.25, 0.3) is 0 Å². The predicted octanol–water partition coefficient (Wildman–Crippen LogP) is 3.18. The van der Waals surface area contributed by atoms with Gasteiger partial charge in [-0.25, -0.2) is 0 Å². The van der Waals surface area contributed by atoms with Crippen molar-refractivity contribution < 1.29 is 4.79 Å². The predicted molar refractivity (Wildman–Crippen MR) is 80.9 cm³/mol.